The fourth-order valence-corrected chi connectivity index (χ4v) is 1.35. The van der Waals surface area contributed by atoms with Crippen molar-refractivity contribution in [2.75, 3.05) is 28.4 Å². The number of carbonyl (C=O) groups excluding carboxylic acids is 1. The van der Waals surface area contributed by atoms with Crippen LogP contribution in [0.3, 0.4) is 0 Å². The highest BCUT2D eigenvalue weighted by molar-refractivity contribution is 5.78. The Balaban J connectivity index is 3.65. The molecule has 0 fully saturated rings. The van der Waals surface area contributed by atoms with Gasteiger partial charge in [0.05, 0.1) is 0 Å². The van der Waals surface area contributed by atoms with Gasteiger partial charge in [-0.1, -0.05) is 0 Å². The topological polar surface area (TPSA) is 54.0 Å². The van der Waals surface area contributed by atoms with Gasteiger partial charge in [0.25, 0.3) is 0 Å². The van der Waals surface area contributed by atoms with E-state index >= 15 is 0 Å². The molecule has 0 aliphatic carbocycles. The van der Waals surface area contributed by atoms with Crippen LogP contribution in [0.15, 0.2) is 0 Å². The second kappa shape index (κ2) is 9.72. The summed E-state index contributed by atoms with van der Waals surface area (Å²) in [6.07, 6.45) is 1.46. The Labute approximate surface area is 97.0 Å². The minimum absolute atomic E-state index is 0.165. The van der Waals surface area contributed by atoms with Crippen molar-refractivity contribution < 1.29 is 23.7 Å². The maximum atomic E-state index is 11.5. The molecule has 0 saturated carbocycles. The molecule has 0 unspecified atom stereocenters. The van der Waals surface area contributed by atoms with Crippen molar-refractivity contribution >= 4 is 5.78 Å². The summed E-state index contributed by atoms with van der Waals surface area (Å²) in [5.74, 6) is 0.165. The van der Waals surface area contributed by atoms with E-state index in [1.807, 2.05) is 0 Å². The third-order valence-electron chi connectivity index (χ3n) is 2.37. The molecule has 0 rings (SSSR count). The van der Waals surface area contributed by atoms with E-state index in [2.05, 4.69) is 0 Å². The minimum Gasteiger partial charge on any atom is -0.356 e. The third-order valence-corrected chi connectivity index (χ3v) is 2.37. The molecule has 5 nitrogen and oxygen atoms in total. The van der Waals surface area contributed by atoms with E-state index in [1.165, 1.54) is 0 Å². The van der Waals surface area contributed by atoms with Crippen molar-refractivity contribution in [3.05, 3.63) is 0 Å². The molecule has 0 aromatic carbocycles. The molecule has 0 aromatic heterocycles. The first-order valence-electron chi connectivity index (χ1n) is 5.30. The summed E-state index contributed by atoms with van der Waals surface area (Å²) in [6, 6.07) is 0. The maximum absolute atomic E-state index is 11.5. The van der Waals surface area contributed by atoms with Gasteiger partial charge >= 0.3 is 0 Å². The normalized spacial score (nSPS) is 11.4. The van der Waals surface area contributed by atoms with Crippen molar-refractivity contribution in [2.24, 2.45) is 0 Å². The second-order valence-electron chi connectivity index (χ2n) is 3.42. The lowest BCUT2D eigenvalue weighted by molar-refractivity contribution is -0.132. The SMILES string of the molecule is COC(CCC(=O)CCC(OC)OC)OC. The number of ether oxygens (including phenoxy) is 4. The van der Waals surface area contributed by atoms with Crippen molar-refractivity contribution in [3.63, 3.8) is 0 Å². The van der Waals surface area contributed by atoms with E-state index < -0.39 is 0 Å². The smallest absolute Gasteiger partial charge is 0.157 e. The summed E-state index contributed by atoms with van der Waals surface area (Å²) < 4.78 is 20.0. The standard InChI is InChI=1S/C11H22O5/c1-13-10(14-2)7-5-9(12)6-8-11(15-3)16-4/h10-11H,5-8H2,1-4H3. The van der Waals surface area contributed by atoms with Crippen LogP contribution in [-0.4, -0.2) is 46.8 Å². The van der Waals surface area contributed by atoms with Crippen LogP contribution in [0.2, 0.25) is 0 Å². The van der Waals surface area contributed by atoms with E-state index in [0.29, 0.717) is 25.7 Å². The molecule has 0 aromatic rings. The average molecular weight is 234 g/mol. The van der Waals surface area contributed by atoms with Crippen molar-refractivity contribution in [3.8, 4) is 0 Å². The van der Waals surface area contributed by atoms with Crippen LogP contribution in [0.4, 0.5) is 0 Å². The van der Waals surface area contributed by atoms with Gasteiger partial charge < -0.3 is 18.9 Å². The number of Topliss-reactive ketones (excluding diaryl/α,β-unsaturated/α-hetero) is 1. The van der Waals surface area contributed by atoms with E-state index in [4.69, 9.17) is 18.9 Å². The van der Waals surface area contributed by atoms with Gasteiger partial charge in [0, 0.05) is 54.1 Å². The molecule has 0 aliphatic heterocycles. The largest absolute Gasteiger partial charge is 0.356 e. The van der Waals surface area contributed by atoms with Gasteiger partial charge in [-0.05, 0) is 0 Å². The van der Waals surface area contributed by atoms with E-state index in [9.17, 15) is 4.79 Å². The molecule has 0 radical (unpaired) electrons. The van der Waals surface area contributed by atoms with Gasteiger partial charge in [-0.25, -0.2) is 0 Å². The Morgan fingerprint density at radius 1 is 0.812 bits per heavy atom. The zero-order valence-corrected chi connectivity index (χ0v) is 10.5. The molecular weight excluding hydrogens is 212 g/mol. The Kier molecular flexibility index (Phi) is 9.42. The predicted molar refractivity (Wildman–Crippen MR) is 59.1 cm³/mol. The molecule has 0 spiro atoms. The fourth-order valence-electron chi connectivity index (χ4n) is 1.35. The zero-order chi connectivity index (χ0) is 12.4. The molecule has 5 heteroatoms. The number of hydrogen-bond acceptors (Lipinski definition) is 5. The first-order chi connectivity index (χ1) is 7.67. The minimum atomic E-state index is -0.301. The van der Waals surface area contributed by atoms with Crippen LogP contribution in [-0.2, 0) is 23.7 Å². The third kappa shape index (κ3) is 6.90. The lowest BCUT2D eigenvalue weighted by atomic mass is 10.1. The average Bonchev–Trinajstić information content (AvgIpc) is 2.31. The summed E-state index contributed by atoms with van der Waals surface area (Å²) in [4.78, 5) is 11.5. The highest BCUT2D eigenvalue weighted by Gasteiger charge is 2.12. The Bertz CT molecular complexity index is 157. The first-order valence-corrected chi connectivity index (χ1v) is 5.30. The highest BCUT2D eigenvalue weighted by atomic mass is 16.7. The van der Waals surface area contributed by atoms with Crippen LogP contribution in [0, 0.1) is 0 Å². The van der Waals surface area contributed by atoms with Gasteiger partial charge in [-0.3, -0.25) is 4.79 Å². The van der Waals surface area contributed by atoms with Gasteiger partial charge in [0.15, 0.2) is 12.6 Å². The molecule has 0 saturated heterocycles. The van der Waals surface area contributed by atoms with E-state index in [-0.39, 0.29) is 18.4 Å². The Hall–Kier alpha value is -0.490. The molecule has 0 aliphatic rings. The second-order valence-corrected chi connectivity index (χ2v) is 3.42. The van der Waals surface area contributed by atoms with Crippen LogP contribution in [0.25, 0.3) is 0 Å². The van der Waals surface area contributed by atoms with Crippen LogP contribution in [0.5, 0.6) is 0 Å². The van der Waals surface area contributed by atoms with Gasteiger partial charge in [0.1, 0.15) is 5.78 Å². The summed E-state index contributed by atoms with van der Waals surface area (Å²) in [6.45, 7) is 0. The van der Waals surface area contributed by atoms with Crippen LogP contribution in [0.1, 0.15) is 25.7 Å². The fraction of sp³-hybridized carbons (Fsp3) is 0.909. The summed E-state index contributed by atoms with van der Waals surface area (Å²) >= 11 is 0. The maximum Gasteiger partial charge on any atom is 0.157 e. The zero-order valence-electron chi connectivity index (χ0n) is 10.5. The molecule has 0 N–H and O–H groups in total. The number of methoxy groups -OCH3 is 4. The summed E-state index contributed by atoms with van der Waals surface area (Å²) in [5, 5.41) is 0. The monoisotopic (exact) mass is 234 g/mol. The molecule has 16 heavy (non-hydrogen) atoms. The molecule has 0 amide bonds. The number of rotatable bonds is 10. The molecule has 0 heterocycles. The summed E-state index contributed by atoms with van der Waals surface area (Å²) in [5.41, 5.74) is 0. The molecule has 0 atom stereocenters. The Morgan fingerprint density at radius 2 is 1.12 bits per heavy atom. The lowest BCUT2D eigenvalue weighted by Crippen LogP contribution is -2.17. The van der Waals surface area contributed by atoms with Gasteiger partial charge in [-0.15, -0.1) is 0 Å². The Morgan fingerprint density at radius 3 is 1.38 bits per heavy atom. The quantitative estimate of drug-likeness (QED) is 0.534. The van der Waals surface area contributed by atoms with Gasteiger partial charge in [-0.2, -0.15) is 0 Å². The number of hydrogen-bond donors (Lipinski definition) is 0. The highest BCUT2D eigenvalue weighted by Crippen LogP contribution is 2.08. The number of ketones is 1. The van der Waals surface area contributed by atoms with Crippen LogP contribution >= 0.6 is 0 Å². The van der Waals surface area contributed by atoms with Crippen LogP contribution < -0.4 is 0 Å². The lowest BCUT2D eigenvalue weighted by Gasteiger charge is -2.14. The number of carbonyl (C=O) groups is 1. The van der Waals surface area contributed by atoms with E-state index in [1.54, 1.807) is 28.4 Å². The first kappa shape index (κ1) is 15.5. The van der Waals surface area contributed by atoms with Gasteiger partial charge in [0.2, 0.25) is 0 Å². The van der Waals surface area contributed by atoms with Crippen molar-refractivity contribution in [1.82, 2.24) is 0 Å². The van der Waals surface area contributed by atoms with Crippen molar-refractivity contribution in [1.29, 1.82) is 0 Å². The van der Waals surface area contributed by atoms with E-state index in [0.717, 1.165) is 0 Å². The molecule has 0 bridgehead atoms. The van der Waals surface area contributed by atoms with Crippen molar-refractivity contribution in [2.45, 2.75) is 38.3 Å². The predicted octanol–water partition coefficient (Wildman–Crippen LogP) is 1.35. The molecular formula is C11H22O5. The summed E-state index contributed by atoms with van der Waals surface area (Å²) in [7, 11) is 6.24. The molecule has 96 valence electrons.